The highest BCUT2D eigenvalue weighted by atomic mass is 32.2. The molecule has 194 valence electrons. The van der Waals surface area contributed by atoms with E-state index in [4.69, 9.17) is 13.9 Å². The molecule has 1 unspecified atom stereocenters. The van der Waals surface area contributed by atoms with Gasteiger partial charge < -0.3 is 18.8 Å². The molecule has 0 saturated heterocycles. The number of benzene rings is 2. The lowest BCUT2D eigenvalue weighted by atomic mass is 10.1. The smallest absolute Gasteiger partial charge is 0.253 e. The zero-order valence-corrected chi connectivity index (χ0v) is 22.2. The van der Waals surface area contributed by atoms with E-state index in [1.807, 2.05) is 17.5 Å². The van der Waals surface area contributed by atoms with Crippen molar-refractivity contribution in [2.75, 3.05) is 26.6 Å². The zero-order valence-electron chi connectivity index (χ0n) is 20.6. The number of hydrogen-bond acceptors (Lipinski definition) is 9. The largest absolute Gasteiger partial charge is 0.486 e. The number of fused-ring (bicyclic) bond motifs is 2. The number of nitrogens with one attached hydrogen (secondary N) is 1. The summed E-state index contributed by atoms with van der Waals surface area (Å²) >= 11 is 2.92. The van der Waals surface area contributed by atoms with Crippen molar-refractivity contribution >= 4 is 40.0 Å². The van der Waals surface area contributed by atoms with Gasteiger partial charge in [-0.15, -0.1) is 11.3 Å². The molecular weight excluding hydrogens is 529 g/mol. The highest BCUT2D eigenvalue weighted by Crippen LogP contribution is 2.37. The van der Waals surface area contributed by atoms with E-state index in [0.717, 1.165) is 15.7 Å². The van der Waals surface area contributed by atoms with Gasteiger partial charge in [0.1, 0.15) is 34.5 Å². The van der Waals surface area contributed by atoms with Gasteiger partial charge in [0.2, 0.25) is 0 Å². The van der Waals surface area contributed by atoms with Crippen LogP contribution in [0.2, 0.25) is 0 Å². The van der Waals surface area contributed by atoms with Gasteiger partial charge in [-0.3, -0.25) is 10.2 Å². The van der Waals surface area contributed by atoms with Gasteiger partial charge in [0.15, 0.2) is 16.5 Å². The fourth-order valence-corrected chi connectivity index (χ4v) is 5.62. The van der Waals surface area contributed by atoms with Gasteiger partial charge in [0, 0.05) is 49.8 Å². The molecule has 1 aliphatic rings. The van der Waals surface area contributed by atoms with Crippen LogP contribution in [0.3, 0.4) is 0 Å². The van der Waals surface area contributed by atoms with Crippen LogP contribution in [0, 0.1) is 5.82 Å². The highest BCUT2D eigenvalue weighted by Gasteiger charge is 2.25. The molecule has 0 radical (unpaired) electrons. The van der Waals surface area contributed by atoms with Crippen LogP contribution in [0.1, 0.15) is 16.1 Å². The standard InChI is InChI=1S/C26H22FN5O4S2/c1-31(2)24(33)15-6-4-14(5-7-15)23-28-17(13-37-23)12-35-20-8-16(27)9-21-18(20)10-22(36-21)19-11-32-25(29-19)38-26(30-32)34-3/h4-11,13,26,30H,12H2,1-3H3. The van der Waals surface area contributed by atoms with E-state index >= 15 is 0 Å². The Morgan fingerprint density at radius 2 is 2.03 bits per heavy atom. The summed E-state index contributed by atoms with van der Waals surface area (Å²) in [4.78, 5) is 22.9. The topological polar surface area (TPSA) is 94.7 Å². The normalized spacial score (nSPS) is 14.5. The van der Waals surface area contributed by atoms with Gasteiger partial charge in [0.05, 0.1) is 17.3 Å². The van der Waals surface area contributed by atoms with E-state index in [-0.39, 0.29) is 18.1 Å². The summed E-state index contributed by atoms with van der Waals surface area (Å²) in [6.45, 7) is 0.157. The minimum Gasteiger partial charge on any atom is -0.486 e. The van der Waals surface area contributed by atoms with E-state index in [0.29, 0.717) is 39.4 Å². The summed E-state index contributed by atoms with van der Waals surface area (Å²) in [5.41, 5.74) is 6.14. The van der Waals surface area contributed by atoms with Crippen molar-refractivity contribution in [3.8, 4) is 27.8 Å². The van der Waals surface area contributed by atoms with Crippen molar-refractivity contribution in [3.63, 3.8) is 0 Å². The molecule has 9 nitrogen and oxygen atoms in total. The van der Waals surface area contributed by atoms with Crippen molar-refractivity contribution < 1.29 is 23.1 Å². The van der Waals surface area contributed by atoms with Crippen molar-refractivity contribution in [1.29, 1.82) is 0 Å². The first-order valence-corrected chi connectivity index (χ1v) is 13.3. The van der Waals surface area contributed by atoms with Crippen LogP contribution in [-0.2, 0) is 11.3 Å². The first-order valence-electron chi connectivity index (χ1n) is 11.6. The number of furan rings is 1. The van der Waals surface area contributed by atoms with Gasteiger partial charge in [-0.2, -0.15) is 0 Å². The molecule has 1 aliphatic heterocycles. The molecule has 1 amide bonds. The number of carbonyl (C=O) groups excluding carboxylic acids is 1. The fraction of sp³-hybridized carbons (Fsp3) is 0.192. The monoisotopic (exact) mass is 551 g/mol. The second kappa shape index (κ2) is 9.78. The number of hydrogen-bond donors (Lipinski definition) is 1. The van der Waals surface area contributed by atoms with Crippen molar-refractivity contribution in [1.82, 2.24) is 19.5 Å². The Bertz CT molecular complexity index is 1620. The summed E-state index contributed by atoms with van der Waals surface area (Å²) < 4.78 is 33.3. The van der Waals surface area contributed by atoms with Crippen LogP contribution in [0.15, 0.2) is 63.6 Å². The molecule has 1 N–H and O–H groups in total. The molecule has 38 heavy (non-hydrogen) atoms. The Labute approximate surface area is 225 Å². The number of amides is 1. The third-order valence-electron chi connectivity index (χ3n) is 5.87. The third-order valence-corrected chi connectivity index (χ3v) is 7.82. The number of aromatic nitrogens is 3. The quantitative estimate of drug-likeness (QED) is 0.287. The average Bonchev–Trinajstić information content (AvgIpc) is 3.69. The summed E-state index contributed by atoms with van der Waals surface area (Å²) in [6.07, 6.45) is 1.80. The van der Waals surface area contributed by atoms with Gasteiger partial charge in [-0.1, -0.05) is 12.1 Å². The molecular formula is C26H22FN5O4S2. The van der Waals surface area contributed by atoms with E-state index in [1.165, 1.54) is 40.1 Å². The second-order valence-electron chi connectivity index (χ2n) is 8.73. The lowest BCUT2D eigenvalue weighted by Crippen LogP contribution is -2.21. The predicted octanol–water partition coefficient (Wildman–Crippen LogP) is 5.42. The molecule has 5 aromatic rings. The first-order chi connectivity index (χ1) is 18.4. The molecule has 0 fully saturated rings. The molecule has 1 atom stereocenters. The number of methoxy groups -OCH3 is 1. The SMILES string of the molecule is COC1Nn2cc(-c3cc4c(OCc5csc(-c6ccc(C(=O)N(C)C)cc6)n5)cc(F)cc4o3)nc2S1. The average molecular weight is 552 g/mol. The van der Waals surface area contributed by atoms with Gasteiger partial charge in [-0.25, -0.2) is 19.0 Å². The number of nitrogens with zero attached hydrogens (tertiary/aromatic N) is 4. The van der Waals surface area contributed by atoms with E-state index in [1.54, 1.807) is 50.3 Å². The van der Waals surface area contributed by atoms with Crippen LogP contribution in [-0.4, -0.2) is 52.2 Å². The highest BCUT2D eigenvalue weighted by molar-refractivity contribution is 7.99. The number of ether oxygens (including phenoxy) is 2. The van der Waals surface area contributed by atoms with Crippen LogP contribution < -0.4 is 10.2 Å². The van der Waals surface area contributed by atoms with Gasteiger partial charge in [-0.05, 0) is 30.0 Å². The molecule has 6 rings (SSSR count). The Morgan fingerprint density at radius 3 is 2.76 bits per heavy atom. The molecule has 0 saturated carbocycles. The summed E-state index contributed by atoms with van der Waals surface area (Å²) in [5.74, 6) is 0.337. The summed E-state index contributed by atoms with van der Waals surface area (Å²) in [6, 6.07) is 11.8. The van der Waals surface area contributed by atoms with E-state index in [9.17, 15) is 9.18 Å². The van der Waals surface area contributed by atoms with Crippen molar-refractivity contribution in [2.24, 2.45) is 0 Å². The molecule has 3 aromatic heterocycles. The van der Waals surface area contributed by atoms with Crippen molar-refractivity contribution in [3.05, 3.63) is 71.1 Å². The predicted molar refractivity (Wildman–Crippen MR) is 143 cm³/mol. The van der Waals surface area contributed by atoms with Crippen LogP contribution in [0.5, 0.6) is 5.75 Å². The summed E-state index contributed by atoms with van der Waals surface area (Å²) in [5, 5.41) is 4.09. The van der Waals surface area contributed by atoms with Crippen LogP contribution >= 0.6 is 23.1 Å². The lowest BCUT2D eigenvalue weighted by molar-refractivity contribution is 0.0827. The van der Waals surface area contributed by atoms with Gasteiger partial charge >= 0.3 is 0 Å². The molecule has 0 spiro atoms. The Kier molecular flexibility index (Phi) is 6.30. The molecule has 0 aliphatic carbocycles. The number of halogens is 1. The molecule has 12 heteroatoms. The lowest BCUT2D eigenvalue weighted by Gasteiger charge is -2.10. The van der Waals surface area contributed by atoms with Crippen LogP contribution in [0.4, 0.5) is 4.39 Å². The number of imidazole rings is 1. The zero-order chi connectivity index (χ0) is 26.4. The Morgan fingerprint density at radius 1 is 1.21 bits per heavy atom. The number of thiazole rings is 1. The maximum atomic E-state index is 14.4. The Balaban J connectivity index is 1.19. The third kappa shape index (κ3) is 4.62. The summed E-state index contributed by atoms with van der Waals surface area (Å²) in [7, 11) is 5.06. The first kappa shape index (κ1) is 24.5. The fourth-order valence-electron chi connectivity index (χ4n) is 3.99. The molecule has 4 heterocycles. The molecule has 0 bridgehead atoms. The minimum absolute atomic E-state index is 0.0547. The molecule has 2 aromatic carbocycles. The Hall–Kier alpha value is -3.87. The van der Waals surface area contributed by atoms with Crippen molar-refractivity contribution in [2.45, 2.75) is 17.3 Å². The van der Waals surface area contributed by atoms with E-state index < -0.39 is 5.82 Å². The number of thioether (sulfide) groups is 1. The second-order valence-corrected chi connectivity index (χ2v) is 10.6. The van der Waals surface area contributed by atoms with E-state index in [2.05, 4.69) is 15.4 Å². The van der Waals surface area contributed by atoms with Crippen LogP contribution in [0.25, 0.3) is 33.0 Å². The minimum atomic E-state index is -0.466. The maximum Gasteiger partial charge on any atom is 0.253 e. The number of rotatable bonds is 7. The number of carbonyl (C=O) groups is 1. The van der Waals surface area contributed by atoms with Gasteiger partial charge in [0.25, 0.3) is 5.91 Å². The maximum absolute atomic E-state index is 14.4.